The van der Waals surface area contributed by atoms with Crippen LogP contribution in [-0.4, -0.2) is 24.9 Å². The van der Waals surface area contributed by atoms with Crippen molar-refractivity contribution in [1.82, 2.24) is 0 Å². The van der Waals surface area contributed by atoms with Gasteiger partial charge >= 0.3 is 0 Å². The van der Waals surface area contributed by atoms with E-state index in [1.54, 1.807) is 6.42 Å². The van der Waals surface area contributed by atoms with Gasteiger partial charge in [0.1, 0.15) is 0 Å². The van der Waals surface area contributed by atoms with E-state index in [-0.39, 0.29) is 0 Å². The fraction of sp³-hybridized carbons (Fsp3) is 1.00. The quantitative estimate of drug-likeness (QED) is 0.494. The summed E-state index contributed by atoms with van der Waals surface area (Å²) in [6, 6.07) is 0. The molecule has 2 heteroatoms. The van der Waals surface area contributed by atoms with Gasteiger partial charge in [0.05, 0.1) is 24.9 Å². The molecule has 0 aromatic heterocycles. The summed E-state index contributed by atoms with van der Waals surface area (Å²) in [5, 5.41) is 0. The number of hydrogen-bond donors (Lipinski definition) is 0. The molecule has 0 aromatic carbocycles. The summed E-state index contributed by atoms with van der Waals surface area (Å²) in [5.74, 6) is 7.12. The Bertz CT molecular complexity index is 377. The molecular formula is C14H18O2. The molecule has 2 nitrogen and oxygen atoms in total. The first-order valence-electron chi connectivity index (χ1n) is 7.19. The predicted octanol–water partition coefficient (Wildman–Crippen LogP) is 1.69. The summed E-state index contributed by atoms with van der Waals surface area (Å²) in [5.41, 5.74) is 0. The molecule has 2 heterocycles. The van der Waals surface area contributed by atoms with E-state index in [0.717, 1.165) is 54.1 Å². The lowest BCUT2D eigenvalue weighted by atomic mass is 9.67. The van der Waals surface area contributed by atoms with Gasteiger partial charge in [0, 0.05) is 0 Å². The zero-order chi connectivity index (χ0) is 10.0. The largest absolute Gasteiger partial charge is 0.373 e. The van der Waals surface area contributed by atoms with Crippen LogP contribution >= 0.6 is 0 Å². The smallest absolute Gasteiger partial charge is 0.0875 e. The highest BCUT2D eigenvalue weighted by molar-refractivity contribution is 5.21. The number of hydrogen-bond acceptors (Lipinski definition) is 2. The molecular weight excluding hydrogens is 200 g/mol. The van der Waals surface area contributed by atoms with Crippen molar-refractivity contribution < 1.29 is 9.47 Å². The highest BCUT2D eigenvalue weighted by Crippen LogP contribution is 2.73. The highest BCUT2D eigenvalue weighted by atomic mass is 16.6. The lowest BCUT2D eigenvalue weighted by Gasteiger charge is -2.36. The molecule has 4 bridgehead atoms. The monoisotopic (exact) mass is 218 g/mol. The van der Waals surface area contributed by atoms with Crippen molar-refractivity contribution in [2.24, 2.45) is 41.4 Å². The first kappa shape index (κ1) is 8.10. The normalized spacial score (nSPS) is 76.5. The Morgan fingerprint density at radius 2 is 1.50 bits per heavy atom. The Kier molecular flexibility index (Phi) is 1.13. The second kappa shape index (κ2) is 2.24. The minimum absolute atomic E-state index is 0.672. The fourth-order valence-electron chi connectivity index (χ4n) is 6.63. The summed E-state index contributed by atoms with van der Waals surface area (Å²) < 4.78 is 11.5. The summed E-state index contributed by atoms with van der Waals surface area (Å²) in [7, 11) is 0. The van der Waals surface area contributed by atoms with Gasteiger partial charge < -0.3 is 9.47 Å². The van der Waals surface area contributed by atoms with Crippen molar-refractivity contribution in [1.29, 1.82) is 0 Å². The standard InChI is InChI=1S/C14H18O2/c1-5-2-7(6(1)10-4-15-10)12-9-3-8(11(5)12)13-14(9)16-13/h5-14H,1-4H2/t5?,6?,7?,8?,9?,10-,11?,12?,13+,14?/m1/s1. The molecule has 6 fully saturated rings. The van der Waals surface area contributed by atoms with Crippen LogP contribution in [0.3, 0.4) is 0 Å². The van der Waals surface area contributed by atoms with E-state index in [2.05, 4.69) is 0 Å². The number of epoxide rings is 2. The van der Waals surface area contributed by atoms with Crippen molar-refractivity contribution in [3.05, 3.63) is 0 Å². The van der Waals surface area contributed by atoms with E-state index in [9.17, 15) is 0 Å². The SMILES string of the molecule is C1C2CC([C@H]3CO3)C1C1C3CC(C21)[C@@H]1OC31. The Morgan fingerprint density at radius 3 is 2.31 bits per heavy atom. The maximum absolute atomic E-state index is 5.88. The first-order valence-corrected chi connectivity index (χ1v) is 7.19. The Morgan fingerprint density at radius 1 is 0.750 bits per heavy atom. The molecule has 6 rings (SSSR count). The zero-order valence-corrected chi connectivity index (χ0v) is 9.42. The zero-order valence-electron chi connectivity index (χ0n) is 9.42. The first-order chi connectivity index (χ1) is 7.92. The lowest BCUT2D eigenvalue weighted by molar-refractivity contribution is 0.102. The van der Waals surface area contributed by atoms with Gasteiger partial charge in [-0.2, -0.15) is 0 Å². The van der Waals surface area contributed by atoms with E-state index in [1.807, 2.05) is 0 Å². The van der Waals surface area contributed by atoms with Crippen LogP contribution in [-0.2, 0) is 9.47 Å². The molecule has 0 radical (unpaired) electrons. The summed E-state index contributed by atoms with van der Waals surface area (Å²) in [6.45, 7) is 1.07. The van der Waals surface area contributed by atoms with Gasteiger partial charge in [0.2, 0.25) is 0 Å². The van der Waals surface area contributed by atoms with Crippen LogP contribution in [0.1, 0.15) is 19.3 Å². The maximum atomic E-state index is 5.88. The average Bonchev–Trinajstić information content (AvgIpc) is 3.16. The number of rotatable bonds is 1. The minimum atomic E-state index is 0.672. The third-order valence-electron chi connectivity index (χ3n) is 6.96. The van der Waals surface area contributed by atoms with Gasteiger partial charge in [-0.3, -0.25) is 0 Å². The molecule has 4 aliphatic carbocycles. The molecule has 16 heavy (non-hydrogen) atoms. The second-order valence-electron chi connectivity index (χ2n) is 7.21. The molecule has 86 valence electrons. The third kappa shape index (κ3) is 0.717. The molecule has 0 N–H and O–H groups in total. The fourth-order valence-corrected chi connectivity index (χ4v) is 6.63. The van der Waals surface area contributed by atoms with Crippen LogP contribution in [0.15, 0.2) is 0 Å². The second-order valence-corrected chi connectivity index (χ2v) is 7.21. The predicted molar refractivity (Wildman–Crippen MR) is 56.7 cm³/mol. The van der Waals surface area contributed by atoms with Crippen LogP contribution in [0.4, 0.5) is 0 Å². The maximum Gasteiger partial charge on any atom is 0.0875 e. The van der Waals surface area contributed by atoms with Crippen LogP contribution in [0.2, 0.25) is 0 Å². The molecule has 0 aromatic rings. The topological polar surface area (TPSA) is 25.1 Å². The van der Waals surface area contributed by atoms with Gasteiger partial charge in [0.25, 0.3) is 0 Å². The number of ether oxygens (including phenoxy) is 2. The van der Waals surface area contributed by atoms with Crippen LogP contribution in [0, 0.1) is 41.4 Å². The minimum Gasteiger partial charge on any atom is -0.373 e. The van der Waals surface area contributed by atoms with Gasteiger partial charge in [-0.1, -0.05) is 0 Å². The van der Waals surface area contributed by atoms with E-state index >= 15 is 0 Å². The summed E-state index contributed by atoms with van der Waals surface area (Å²) in [6.07, 6.45) is 6.68. The molecule has 2 aliphatic heterocycles. The van der Waals surface area contributed by atoms with Crippen LogP contribution in [0.5, 0.6) is 0 Å². The molecule has 2 saturated heterocycles. The Hall–Kier alpha value is -0.0800. The molecule has 6 aliphatic rings. The molecule has 4 saturated carbocycles. The van der Waals surface area contributed by atoms with Crippen LogP contribution < -0.4 is 0 Å². The Labute approximate surface area is 95.7 Å². The summed E-state index contributed by atoms with van der Waals surface area (Å²) in [4.78, 5) is 0. The van der Waals surface area contributed by atoms with E-state index in [1.165, 1.54) is 12.8 Å². The number of fused-ring (bicyclic) bond motifs is 12. The van der Waals surface area contributed by atoms with Gasteiger partial charge in [-0.15, -0.1) is 0 Å². The van der Waals surface area contributed by atoms with Gasteiger partial charge in [0.15, 0.2) is 0 Å². The van der Waals surface area contributed by atoms with Crippen molar-refractivity contribution in [2.45, 2.75) is 37.6 Å². The highest BCUT2D eigenvalue weighted by Gasteiger charge is 2.74. The van der Waals surface area contributed by atoms with Crippen molar-refractivity contribution in [2.75, 3.05) is 6.61 Å². The van der Waals surface area contributed by atoms with E-state index in [4.69, 9.17) is 9.47 Å². The molecule has 0 amide bonds. The Balaban J connectivity index is 1.42. The molecule has 10 atom stereocenters. The van der Waals surface area contributed by atoms with Crippen molar-refractivity contribution in [3.8, 4) is 0 Å². The molecule has 0 spiro atoms. The van der Waals surface area contributed by atoms with Crippen LogP contribution in [0.25, 0.3) is 0 Å². The van der Waals surface area contributed by atoms with E-state index in [0.29, 0.717) is 12.2 Å². The van der Waals surface area contributed by atoms with Gasteiger partial charge in [-0.25, -0.2) is 0 Å². The van der Waals surface area contributed by atoms with Crippen molar-refractivity contribution in [3.63, 3.8) is 0 Å². The third-order valence-corrected chi connectivity index (χ3v) is 6.96. The van der Waals surface area contributed by atoms with Crippen molar-refractivity contribution >= 4 is 0 Å². The van der Waals surface area contributed by atoms with E-state index < -0.39 is 0 Å². The lowest BCUT2D eigenvalue weighted by Crippen LogP contribution is -2.37. The average molecular weight is 218 g/mol. The van der Waals surface area contributed by atoms with Gasteiger partial charge in [-0.05, 0) is 60.7 Å². The summed E-state index contributed by atoms with van der Waals surface area (Å²) >= 11 is 0. The molecule has 8 unspecified atom stereocenters.